The molecule has 0 radical (unpaired) electrons. The van der Waals surface area contributed by atoms with Gasteiger partial charge in [-0.2, -0.15) is 5.10 Å². The number of aromatic nitrogens is 2. The van der Waals surface area contributed by atoms with Crippen LogP contribution in [-0.4, -0.2) is 27.7 Å². The van der Waals surface area contributed by atoms with Crippen molar-refractivity contribution >= 4 is 17.3 Å². The molecule has 0 aliphatic heterocycles. The van der Waals surface area contributed by atoms with Crippen LogP contribution in [0.1, 0.15) is 15.9 Å². The van der Waals surface area contributed by atoms with Gasteiger partial charge in [0.25, 0.3) is 11.6 Å². The first kappa shape index (κ1) is 20.8. The molecule has 0 saturated heterocycles. The number of carbonyl (C=O) groups excluding carboxylic acids is 1. The van der Waals surface area contributed by atoms with Crippen molar-refractivity contribution in [3.05, 3.63) is 100 Å². The number of anilines is 1. The van der Waals surface area contributed by atoms with E-state index in [2.05, 4.69) is 10.4 Å². The van der Waals surface area contributed by atoms with E-state index in [0.717, 1.165) is 11.3 Å². The number of ether oxygens (including phenoxy) is 1. The van der Waals surface area contributed by atoms with E-state index in [-0.39, 0.29) is 5.69 Å². The normalized spacial score (nSPS) is 10.6. The highest BCUT2D eigenvalue weighted by Gasteiger charge is 2.20. The lowest BCUT2D eigenvalue weighted by atomic mass is 10.1. The lowest BCUT2D eigenvalue weighted by Gasteiger charge is -2.08. The Morgan fingerprint density at radius 3 is 2.44 bits per heavy atom. The number of aryl methyl sites for hydroxylation is 1. The first-order chi connectivity index (χ1) is 15.5. The predicted molar refractivity (Wildman–Crippen MR) is 121 cm³/mol. The van der Waals surface area contributed by atoms with Gasteiger partial charge >= 0.3 is 0 Å². The highest BCUT2D eigenvalue weighted by Crippen LogP contribution is 2.28. The second kappa shape index (κ2) is 8.73. The third-order valence-electron chi connectivity index (χ3n) is 5.02. The molecule has 8 heteroatoms. The minimum absolute atomic E-state index is 0.0961. The Bertz CT molecular complexity index is 1280. The molecule has 0 aliphatic rings. The van der Waals surface area contributed by atoms with Crippen LogP contribution in [0.5, 0.6) is 5.75 Å². The van der Waals surface area contributed by atoms with E-state index in [4.69, 9.17) is 4.74 Å². The molecule has 0 bridgehead atoms. The summed E-state index contributed by atoms with van der Waals surface area (Å²) in [5.74, 6) is 0.274. The smallest absolute Gasteiger partial charge is 0.271 e. The molecular formula is C24H20N4O4. The Morgan fingerprint density at radius 1 is 1.06 bits per heavy atom. The van der Waals surface area contributed by atoms with Gasteiger partial charge in [0.2, 0.25) is 0 Å². The third kappa shape index (κ3) is 4.20. The molecule has 0 aliphatic carbocycles. The predicted octanol–water partition coefficient (Wildman–Crippen LogP) is 5.02. The van der Waals surface area contributed by atoms with Crippen LogP contribution in [0.15, 0.2) is 79.0 Å². The zero-order chi connectivity index (χ0) is 22.7. The number of nitro benzene ring substituents is 1. The number of hydrogen-bond donors (Lipinski definition) is 1. The van der Waals surface area contributed by atoms with Crippen molar-refractivity contribution in [2.24, 2.45) is 0 Å². The molecule has 1 aromatic heterocycles. The maximum atomic E-state index is 13.3. The SMILES string of the molecule is COc1ccc(-c2nn(-c3ccccc3)cc2C(=O)Nc2cc([N+](=O)[O-])ccc2C)cc1. The van der Waals surface area contributed by atoms with Crippen LogP contribution in [0.25, 0.3) is 16.9 Å². The van der Waals surface area contributed by atoms with Crippen LogP contribution in [0, 0.1) is 17.0 Å². The number of amides is 1. The van der Waals surface area contributed by atoms with Crippen molar-refractivity contribution in [2.45, 2.75) is 6.92 Å². The van der Waals surface area contributed by atoms with Crippen molar-refractivity contribution in [2.75, 3.05) is 12.4 Å². The van der Waals surface area contributed by atoms with Gasteiger partial charge in [0.15, 0.2) is 0 Å². The van der Waals surface area contributed by atoms with Crippen LogP contribution in [0.4, 0.5) is 11.4 Å². The fraction of sp³-hybridized carbons (Fsp3) is 0.0833. The van der Waals surface area contributed by atoms with Crippen molar-refractivity contribution in [3.63, 3.8) is 0 Å². The van der Waals surface area contributed by atoms with E-state index in [1.807, 2.05) is 42.5 Å². The molecular weight excluding hydrogens is 408 g/mol. The summed E-state index contributed by atoms with van der Waals surface area (Å²) >= 11 is 0. The molecule has 1 amide bonds. The maximum Gasteiger partial charge on any atom is 0.271 e. The molecule has 0 saturated carbocycles. The lowest BCUT2D eigenvalue weighted by Crippen LogP contribution is -2.13. The summed E-state index contributed by atoms with van der Waals surface area (Å²) in [7, 11) is 1.58. The minimum atomic E-state index is -0.495. The molecule has 0 unspecified atom stereocenters. The molecule has 4 aromatic rings. The molecule has 1 N–H and O–H groups in total. The lowest BCUT2D eigenvalue weighted by molar-refractivity contribution is -0.384. The number of para-hydroxylation sites is 1. The monoisotopic (exact) mass is 428 g/mol. The van der Waals surface area contributed by atoms with Gasteiger partial charge in [-0.25, -0.2) is 4.68 Å². The Kier molecular flexibility index (Phi) is 5.67. The van der Waals surface area contributed by atoms with Gasteiger partial charge in [-0.05, 0) is 48.9 Å². The molecule has 0 atom stereocenters. The third-order valence-corrected chi connectivity index (χ3v) is 5.02. The number of benzene rings is 3. The van der Waals surface area contributed by atoms with Crippen LogP contribution >= 0.6 is 0 Å². The van der Waals surface area contributed by atoms with Gasteiger partial charge in [0.05, 0.1) is 29.0 Å². The molecule has 1 heterocycles. The zero-order valence-corrected chi connectivity index (χ0v) is 17.5. The minimum Gasteiger partial charge on any atom is -0.497 e. The van der Waals surface area contributed by atoms with Crippen molar-refractivity contribution in [3.8, 4) is 22.7 Å². The van der Waals surface area contributed by atoms with Gasteiger partial charge < -0.3 is 10.1 Å². The van der Waals surface area contributed by atoms with Gasteiger partial charge in [-0.1, -0.05) is 24.3 Å². The van der Waals surface area contributed by atoms with Crippen molar-refractivity contribution < 1.29 is 14.5 Å². The summed E-state index contributed by atoms with van der Waals surface area (Å²) in [4.78, 5) is 23.9. The Labute approximate surface area is 184 Å². The molecule has 160 valence electrons. The number of nitro groups is 1. The fourth-order valence-corrected chi connectivity index (χ4v) is 3.26. The van der Waals surface area contributed by atoms with Gasteiger partial charge in [-0.3, -0.25) is 14.9 Å². The number of non-ortho nitro benzene ring substituents is 1. The summed E-state index contributed by atoms with van der Waals surface area (Å²) in [5, 5.41) is 18.6. The highest BCUT2D eigenvalue weighted by atomic mass is 16.6. The Morgan fingerprint density at radius 2 is 1.78 bits per heavy atom. The van der Waals surface area contributed by atoms with E-state index in [9.17, 15) is 14.9 Å². The van der Waals surface area contributed by atoms with E-state index in [1.54, 1.807) is 43.1 Å². The summed E-state index contributed by atoms with van der Waals surface area (Å²) in [6.07, 6.45) is 1.65. The quantitative estimate of drug-likeness (QED) is 0.343. The highest BCUT2D eigenvalue weighted by molar-refractivity contribution is 6.08. The first-order valence-corrected chi connectivity index (χ1v) is 9.82. The number of nitrogens with zero attached hydrogens (tertiary/aromatic N) is 3. The zero-order valence-electron chi connectivity index (χ0n) is 17.5. The summed E-state index contributed by atoms with van der Waals surface area (Å²) in [5.41, 5.74) is 3.35. The number of hydrogen-bond acceptors (Lipinski definition) is 5. The molecule has 0 spiro atoms. The topological polar surface area (TPSA) is 99.3 Å². The van der Waals surface area contributed by atoms with Crippen molar-refractivity contribution in [1.29, 1.82) is 0 Å². The second-order valence-corrected chi connectivity index (χ2v) is 7.11. The fourth-order valence-electron chi connectivity index (χ4n) is 3.26. The Balaban J connectivity index is 1.76. The number of methoxy groups -OCH3 is 1. The van der Waals surface area contributed by atoms with Gasteiger partial charge in [0.1, 0.15) is 11.4 Å². The summed E-state index contributed by atoms with van der Waals surface area (Å²) < 4.78 is 6.85. The van der Waals surface area contributed by atoms with E-state index >= 15 is 0 Å². The first-order valence-electron chi connectivity index (χ1n) is 9.82. The summed E-state index contributed by atoms with van der Waals surface area (Å²) in [6.45, 7) is 1.77. The number of nitrogens with one attached hydrogen (secondary N) is 1. The largest absolute Gasteiger partial charge is 0.497 e. The molecule has 3 aromatic carbocycles. The van der Waals surface area contributed by atoms with Crippen LogP contribution in [0.2, 0.25) is 0 Å². The van der Waals surface area contributed by atoms with Gasteiger partial charge in [-0.15, -0.1) is 0 Å². The summed E-state index contributed by atoms with van der Waals surface area (Å²) in [6, 6.07) is 21.0. The average Bonchev–Trinajstić information content (AvgIpc) is 3.27. The number of carbonyl (C=O) groups is 1. The van der Waals surface area contributed by atoms with Crippen LogP contribution in [-0.2, 0) is 0 Å². The molecule has 0 fully saturated rings. The second-order valence-electron chi connectivity index (χ2n) is 7.11. The maximum absolute atomic E-state index is 13.3. The van der Waals surface area contributed by atoms with Crippen molar-refractivity contribution in [1.82, 2.24) is 9.78 Å². The van der Waals surface area contributed by atoms with Crippen LogP contribution < -0.4 is 10.1 Å². The molecule has 8 nitrogen and oxygen atoms in total. The van der Waals surface area contributed by atoms with E-state index in [1.165, 1.54) is 12.1 Å². The standard InChI is InChI=1S/C24H20N4O4/c1-16-8-11-19(28(30)31)14-22(16)25-24(29)21-15-27(18-6-4-3-5-7-18)26-23(21)17-9-12-20(32-2)13-10-17/h3-15H,1-2H3,(H,25,29). The van der Waals surface area contributed by atoms with Crippen LogP contribution in [0.3, 0.4) is 0 Å². The molecule has 32 heavy (non-hydrogen) atoms. The average molecular weight is 428 g/mol. The Hall–Kier alpha value is -4.46. The number of rotatable bonds is 6. The van der Waals surface area contributed by atoms with Gasteiger partial charge in [0, 0.05) is 23.9 Å². The van der Waals surface area contributed by atoms with E-state index in [0.29, 0.717) is 28.3 Å². The molecule has 4 rings (SSSR count). The van der Waals surface area contributed by atoms with E-state index < -0.39 is 10.8 Å².